The van der Waals surface area contributed by atoms with Crippen molar-refractivity contribution in [3.8, 4) is 11.4 Å². The van der Waals surface area contributed by atoms with Crippen LogP contribution in [0.2, 0.25) is 0 Å². The molecule has 1 aromatic carbocycles. The number of guanidine groups is 1. The summed E-state index contributed by atoms with van der Waals surface area (Å²) in [7, 11) is 1.65. The number of aliphatic imine (C=N–C) groups is 1. The second kappa shape index (κ2) is 11.2. The highest BCUT2D eigenvalue weighted by molar-refractivity contribution is 14.0. The van der Waals surface area contributed by atoms with Gasteiger partial charge in [0.25, 0.3) is 0 Å². The second-order valence-electron chi connectivity index (χ2n) is 7.87. The standard InChI is InChI=1S/C22H30N6O2.HI/c1-6-23-21(26-15-20-24-14-19(30-20)22(2,3)4)25-13-16-11-12-28(27-16)17-7-9-18(29-5)10-8-17;/h7-12,14H,6,13,15H2,1-5H3,(H2,23,25,26);1H. The number of rotatable bonds is 7. The normalized spacial score (nSPS) is 11.7. The van der Waals surface area contributed by atoms with Crippen molar-refractivity contribution >= 4 is 29.9 Å². The van der Waals surface area contributed by atoms with Gasteiger partial charge >= 0.3 is 0 Å². The van der Waals surface area contributed by atoms with E-state index in [0.29, 0.717) is 24.9 Å². The van der Waals surface area contributed by atoms with Gasteiger partial charge in [-0.2, -0.15) is 5.10 Å². The first-order valence-corrected chi connectivity index (χ1v) is 10.1. The maximum Gasteiger partial charge on any atom is 0.213 e. The van der Waals surface area contributed by atoms with Crippen molar-refractivity contribution in [3.63, 3.8) is 0 Å². The Morgan fingerprint density at radius 1 is 1.16 bits per heavy atom. The summed E-state index contributed by atoms with van der Waals surface area (Å²) in [6.07, 6.45) is 3.71. The molecule has 0 saturated heterocycles. The molecule has 0 atom stereocenters. The van der Waals surface area contributed by atoms with Crippen LogP contribution in [0.1, 0.15) is 45.0 Å². The maximum atomic E-state index is 5.83. The Bertz CT molecular complexity index is 973. The van der Waals surface area contributed by atoms with Crippen LogP contribution in [0.4, 0.5) is 0 Å². The van der Waals surface area contributed by atoms with Crippen molar-refractivity contribution in [2.45, 2.75) is 46.2 Å². The lowest BCUT2D eigenvalue weighted by molar-refractivity contribution is 0.379. The average molecular weight is 538 g/mol. The minimum atomic E-state index is -0.0629. The van der Waals surface area contributed by atoms with E-state index in [1.54, 1.807) is 13.3 Å². The SMILES string of the molecule is CCNC(=NCc1ccn(-c2ccc(OC)cc2)n1)NCc1ncc(C(C)(C)C)o1.I. The molecule has 2 aromatic heterocycles. The van der Waals surface area contributed by atoms with Crippen LogP contribution < -0.4 is 15.4 Å². The highest BCUT2D eigenvalue weighted by Crippen LogP contribution is 2.22. The van der Waals surface area contributed by atoms with Gasteiger partial charge in [-0.05, 0) is 37.3 Å². The van der Waals surface area contributed by atoms with E-state index in [2.05, 4.69) is 46.5 Å². The summed E-state index contributed by atoms with van der Waals surface area (Å²) in [5.74, 6) is 3.00. The molecule has 0 radical (unpaired) electrons. The number of benzene rings is 1. The van der Waals surface area contributed by atoms with Crippen molar-refractivity contribution in [2.75, 3.05) is 13.7 Å². The number of hydrogen-bond donors (Lipinski definition) is 2. The third-order valence-electron chi connectivity index (χ3n) is 4.42. The zero-order valence-electron chi connectivity index (χ0n) is 18.7. The Morgan fingerprint density at radius 3 is 2.52 bits per heavy atom. The third kappa shape index (κ3) is 6.98. The molecular formula is C22H31IN6O2. The second-order valence-corrected chi connectivity index (χ2v) is 7.87. The average Bonchev–Trinajstić information content (AvgIpc) is 3.40. The molecule has 0 saturated carbocycles. The van der Waals surface area contributed by atoms with Crippen LogP contribution in [0.15, 0.2) is 52.1 Å². The van der Waals surface area contributed by atoms with E-state index >= 15 is 0 Å². The number of nitrogens with zero attached hydrogens (tertiary/aromatic N) is 4. The van der Waals surface area contributed by atoms with Gasteiger partial charge in [-0.3, -0.25) is 0 Å². The summed E-state index contributed by atoms with van der Waals surface area (Å²) in [6.45, 7) is 9.99. The van der Waals surface area contributed by atoms with Gasteiger partial charge in [-0.25, -0.2) is 14.7 Å². The summed E-state index contributed by atoms with van der Waals surface area (Å²) in [5, 5.41) is 11.1. The van der Waals surface area contributed by atoms with Gasteiger partial charge in [0.05, 0.1) is 37.8 Å². The van der Waals surface area contributed by atoms with Gasteiger partial charge in [0, 0.05) is 18.2 Å². The zero-order valence-corrected chi connectivity index (χ0v) is 21.0. The summed E-state index contributed by atoms with van der Waals surface area (Å²) < 4.78 is 12.9. The van der Waals surface area contributed by atoms with Crippen LogP contribution in [0.3, 0.4) is 0 Å². The van der Waals surface area contributed by atoms with Crippen molar-refractivity contribution in [1.82, 2.24) is 25.4 Å². The fourth-order valence-electron chi connectivity index (χ4n) is 2.72. The highest BCUT2D eigenvalue weighted by atomic mass is 127. The van der Waals surface area contributed by atoms with Gasteiger partial charge in [0.15, 0.2) is 5.96 Å². The molecule has 9 heteroatoms. The number of halogens is 1. The molecule has 0 unspecified atom stereocenters. The Hall–Kier alpha value is -2.56. The molecular weight excluding hydrogens is 507 g/mol. The third-order valence-corrected chi connectivity index (χ3v) is 4.42. The van der Waals surface area contributed by atoms with E-state index < -0.39 is 0 Å². The fourth-order valence-corrected chi connectivity index (χ4v) is 2.72. The molecule has 31 heavy (non-hydrogen) atoms. The van der Waals surface area contributed by atoms with Gasteiger partial charge < -0.3 is 19.8 Å². The lowest BCUT2D eigenvalue weighted by Crippen LogP contribution is -2.36. The summed E-state index contributed by atoms with van der Waals surface area (Å²) >= 11 is 0. The Morgan fingerprint density at radius 2 is 1.90 bits per heavy atom. The number of methoxy groups -OCH3 is 1. The predicted octanol–water partition coefficient (Wildman–Crippen LogP) is 4.04. The van der Waals surface area contributed by atoms with Crippen LogP contribution in [0.5, 0.6) is 5.75 Å². The Balaban J connectivity index is 0.00000341. The first-order chi connectivity index (χ1) is 14.4. The van der Waals surface area contributed by atoms with Gasteiger partial charge in [-0.15, -0.1) is 24.0 Å². The molecule has 3 rings (SSSR count). The number of aromatic nitrogens is 3. The van der Waals surface area contributed by atoms with E-state index in [9.17, 15) is 0 Å². The number of ether oxygens (including phenoxy) is 1. The van der Waals surface area contributed by atoms with Crippen LogP contribution in [-0.2, 0) is 18.5 Å². The molecule has 0 aliphatic heterocycles. The van der Waals surface area contributed by atoms with E-state index in [1.807, 2.05) is 48.1 Å². The van der Waals surface area contributed by atoms with E-state index in [4.69, 9.17) is 9.15 Å². The zero-order chi connectivity index (χ0) is 21.6. The molecule has 0 aliphatic rings. The highest BCUT2D eigenvalue weighted by Gasteiger charge is 2.19. The Kier molecular flexibility index (Phi) is 8.90. The lowest BCUT2D eigenvalue weighted by atomic mass is 9.94. The van der Waals surface area contributed by atoms with Crippen molar-refractivity contribution in [3.05, 3.63) is 60.1 Å². The van der Waals surface area contributed by atoms with Crippen LogP contribution in [-0.4, -0.2) is 34.4 Å². The monoisotopic (exact) mass is 538 g/mol. The number of hydrogen-bond acceptors (Lipinski definition) is 5. The van der Waals surface area contributed by atoms with E-state index in [-0.39, 0.29) is 29.4 Å². The summed E-state index contributed by atoms with van der Waals surface area (Å²) in [6, 6.07) is 9.71. The van der Waals surface area contributed by atoms with Crippen molar-refractivity contribution in [2.24, 2.45) is 4.99 Å². The smallest absolute Gasteiger partial charge is 0.213 e. The lowest BCUT2D eigenvalue weighted by Gasteiger charge is -2.13. The van der Waals surface area contributed by atoms with Crippen molar-refractivity contribution in [1.29, 1.82) is 0 Å². The number of oxazole rings is 1. The minimum Gasteiger partial charge on any atom is -0.497 e. The molecule has 0 bridgehead atoms. The molecule has 2 heterocycles. The minimum absolute atomic E-state index is 0. The summed E-state index contributed by atoms with van der Waals surface area (Å²) in [5.41, 5.74) is 1.77. The first-order valence-electron chi connectivity index (χ1n) is 10.1. The molecule has 0 aliphatic carbocycles. The summed E-state index contributed by atoms with van der Waals surface area (Å²) in [4.78, 5) is 8.96. The van der Waals surface area contributed by atoms with Crippen molar-refractivity contribution < 1.29 is 9.15 Å². The van der Waals surface area contributed by atoms with Gasteiger partial charge in [-0.1, -0.05) is 20.8 Å². The molecule has 2 N–H and O–H groups in total. The quantitative estimate of drug-likeness (QED) is 0.268. The van der Waals surface area contributed by atoms with Gasteiger partial charge in [0.2, 0.25) is 5.89 Å². The fraction of sp³-hybridized carbons (Fsp3) is 0.409. The molecule has 0 amide bonds. The van der Waals surface area contributed by atoms with Crippen LogP contribution >= 0.6 is 24.0 Å². The largest absolute Gasteiger partial charge is 0.497 e. The van der Waals surface area contributed by atoms with Crippen LogP contribution in [0, 0.1) is 0 Å². The van der Waals surface area contributed by atoms with E-state index in [0.717, 1.165) is 29.4 Å². The van der Waals surface area contributed by atoms with E-state index in [1.165, 1.54) is 0 Å². The Labute approximate surface area is 200 Å². The molecule has 3 aromatic rings. The molecule has 0 fully saturated rings. The molecule has 168 valence electrons. The molecule has 0 spiro atoms. The number of nitrogens with one attached hydrogen (secondary N) is 2. The molecule has 8 nitrogen and oxygen atoms in total. The van der Waals surface area contributed by atoms with Crippen LogP contribution in [0.25, 0.3) is 5.69 Å². The van der Waals surface area contributed by atoms with Gasteiger partial charge in [0.1, 0.15) is 11.5 Å². The first kappa shape index (κ1) is 24.7. The topological polar surface area (TPSA) is 89.5 Å². The maximum absolute atomic E-state index is 5.83. The predicted molar refractivity (Wildman–Crippen MR) is 132 cm³/mol.